The molecule has 0 bridgehead atoms. The predicted molar refractivity (Wildman–Crippen MR) is 98.7 cm³/mol. The molecule has 148 valence electrons. The van der Waals surface area contributed by atoms with Crippen LogP contribution in [0.5, 0.6) is 0 Å². The Morgan fingerprint density at radius 1 is 1.15 bits per heavy atom. The zero-order valence-electron chi connectivity index (χ0n) is 15.3. The Morgan fingerprint density at radius 2 is 1.81 bits per heavy atom. The largest absolute Gasteiger partial charge is 0.340 e. The van der Waals surface area contributed by atoms with Crippen molar-refractivity contribution in [2.45, 2.75) is 17.7 Å². The molecule has 0 aromatic heterocycles. The van der Waals surface area contributed by atoms with Crippen LogP contribution in [-0.4, -0.2) is 79.7 Å². The van der Waals surface area contributed by atoms with Crippen LogP contribution in [-0.2, 0) is 14.8 Å². The molecular formula is C17H24N4O5S. The normalized spacial score (nSPS) is 22.6. The number of benzene rings is 1. The summed E-state index contributed by atoms with van der Waals surface area (Å²) in [5.41, 5.74) is -0.440. The summed E-state index contributed by atoms with van der Waals surface area (Å²) in [5, 5.41) is 11.2. The Morgan fingerprint density at radius 3 is 2.48 bits per heavy atom. The number of rotatable bonds is 4. The van der Waals surface area contributed by atoms with Crippen molar-refractivity contribution >= 4 is 21.6 Å². The van der Waals surface area contributed by atoms with E-state index in [1.54, 1.807) is 4.90 Å². The van der Waals surface area contributed by atoms with E-state index in [0.29, 0.717) is 25.9 Å². The van der Waals surface area contributed by atoms with Gasteiger partial charge >= 0.3 is 0 Å². The third-order valence-corrected chi connectivity index (χ3v) is 7.14. The number of hydrogen-bond donors (Lipinski definition) is 0. The Balaban J connectivity index is 1.78. The fourth-order valence-electron chi connectivity index (χ4n) is 3.61. The molecule has 27 heavy (non-hydrogen) atoms. The maximum absolute atomic E-state index is 13.0. The van der Waals surface area contributed by atoms with E-state index in [2.05, 4.69) is 4.90 Å². The number of para-hydroxylation sites is 1. The smallest absolute Gasteiger partial charge is 0.289 e. The zero-order chi connectivity index (χ0) is 19.6. The highest BCUT2D eigenvalue weighted by molar-refractivity contribution is 7.89. The first-order valence-electron chi connectivity index (χ1n) is 9.01. The van der Waals surface area contributed by atoms with Gasteiger partial charge in [-0.2, -0.15) is 4.31 Å². The molecule has 1 amide bonds. The lowest BCUT2D eigenvalue weighted by atomic mass is 9.98. The van der Waals surface area contributed by atoms with Gasteiger partial charge in [0.05, 0.1) is 10.8 Å². The molecule has 2 fully saturated rings. The average Bonchev–Trinajstić information content (AvgIpc) is 2.68. The molecule has 1 aromatic carbocycles. The maximum atomic E-state index is 13.0. The Hall–Kier alpha value is -2.04. The molecule has 10 heteroatoms. The van der Waals surface area contributed by atoms with Crippen LogP contribution >= 0.6 is 0 Å². The van der Waals surface area contributed by atoms with Crippen molar-refractivity contribution in [2.24, 2.45) is 5.92 Å². The van der Waals surface area contributed by atoms with Crippen LogP contribution in [0.15, 0.2) is 29.2 Å². The minimum Gasteiger partial charge on any atom is -0.340 e. The van der Waals surface area contributed by atoms with Gasteiger partial charge in [0.25, 0.3) is 5.69 Å². The minimum atomic E-state index is -4.03. The summed E-state index contributed by atoms with van der Waals surface area (Å²) in [7, 11) is -2.03. The number of piperazine rings is 1. The van der Waals surface area contributed by atoms with Crippen LogP contribution in [0.1, 0.15) is 12.8 Å². The number of piperidine rings is 1. The van der Waals surface area contributed by atoms with Gasteiger partial charge in [0, 0.05) is 45.3 Å². The lowest BCUT2D eigenvalue weighted by Crippen LogP contribution is -2.52. The van der Waals surface area contributed by atoms with E-state index in [-0.39, 0.29) is 23.9 Å². The van der Waals surface area contributed by atoms with Crippen LogP contribution in [0.25, 0.3) is 0 Å². The van der Waals surface area contributed by atoms with Crippen LogP contribution in [0, 0.1) is 16.0 Å². The molecule has 0 radical (unpaired) electrons. The van der Waals surface area contributed by atoms with Crippen LogP contribution in [0.2, 0.25) is 0 Å². The third-order valence-electron chi connectivity index (χ3n) is 5.23. The molecule has 1 atom stereocenters. The Labute approximate surface area is 158 Å². The molecule has 0 N–H and O–H groups in total. The number of nitrogens with zero attached hydrogens (tertiary/aromatic N) is 4. The second-order valence-corrected chi connectivity index (χ2v) is 8.96. The zero-order valence-corrected chi connectivity index (χ0v) is 16.1. The summed E-state index contributed by atoms with van der Waals surface area (Å²) in [4.78, 5) is 27.0. The quantitative estimate of drug-likeness (QED) is 0.550. The highest BCUT2D eigenvalue weighted by atomic mass is 32.2. The predicted octanol–water partition coefficient (Wildman–Crippen LogP) is 0.770. The fraction of sp³-hybridized carbons (Fsp3) is 0.588. The van der Waals surface area contributed by atoms with E-state index in [1.165, 1.54) is 28.6 Å². The molecular weight excluding hydrogens is 372 g/mol. The lowest BCUT2D eigenvalue weighted by molar-refractivity contribution is -0.387. The molecule has 2 aliphatic rings. The highest BCUT2D eigenvalue weighted by Crippen LogP contribution is 2.30. The van der Waals surface area contributed by atoms with Gasteiger partial charge < -0.3 is 9.80 Å². The van der Waals surface area contributed by atoms with Crippen molar-refractivity contribution < 1.29 is 18.1 Å². The van der Waals surface area contributed by atoms with E-state index < -0.39 is 26.6 Å². The van der Waals surface area contributed by atoms with E-state index in [0.717, 1.165) is 13.1 Å². The van der Waals surface area contributed by atoms with Crippen molar-refractivity contribution in [1.29, 1.82) is 0 Å². The summed E-state index contributed by atoms with van der Waals surface area (Å²) in [6.45, 7) is 3.22. The molecule has 2 saturated heterocycles. The van der Waals surface area contributed by atoms with E-state index in [1.807, 2.05) is 7.05 Å². The van der Waals surface area contributed by atoms with Gasteiger partial charge in [0.1, 0.15) is 0 Å². The van der Waals surface area contributed by atoms with Crippen LogP contribution in [0.4, 0.5) is 5.69 Å². The van der Waals surface area contributed by atoms with Crippen molar-refractivity contribution in [3.63, 3.8) is 0 Å². The van der Waals surface area contributed by atoms with Crippen molar-refractivity contribution in [2.75, 3.05) is 46.3 Å². The summed E-state index contributed by atoms with van der Waals surface area (Å²) >= 11 is 0. The molecule has 0 spiro atoms. The highest BCUT2D eigenvalue weighted by Gasteiger charge is 2.38. The van der Waals surface area contributed by atoms with Gasteiger partial charge in [-0.25, -0.2) is 8.42 Å². The second kappa shape index (κ2) is 7.91. The monoisotopic (exact) mass is 396 g/mol. The van der Waals surface area contributed by atoms with Gasteiger partial charge in [-0.15, -0.1) is 0 Å². The number of nitro benzene ring substituents is 1. The van der Waals surface area contributed by atoms with Crippen molar-refractivity contribution in [3.8, 4) is 0 Å². The topological polar surface area (TPSA) is 104 Å². The van der Waals surface area contributed by atoms with Crippen LogP contribution < -0.4 is 0 Å². The number of nitro groups is 1. The first kappa shape index (κ1) is 19.7. The van der Waals surface area contributed by atoms with E-state index in [4.69, 9.17) is 0 Å². The number of sulfonamides is 1. The first-order chi connectivity index (χ1) is 12.8. The third kappa shape index (κ3) is 4.12. The summed E-state index contributed by atoms with van der Waals surface area (Å²) in [5.74, 6) is -0.426. The second-order valence-electron chi connectivity index (χ2n) is 7.06. The SMILES string of the molecule is CN1CCN(C(=O)C2CCCN(S(=O)(=O)c3ccccc3[N+](=O)[O-])C2)CC1. The molecule has 0 saturated carbocycles. The summed E-state index contributed by atoms with van der Waals surface area (Å²) < 4.78 is 27.2. The molecule has 1 unspecified atom stereocenters. The molecule has 0 aliphatic carbocycles. The average molecular weight is 396 g/mol. The molecule has 2 aliphatic heterocycles. The molecule has 3 rings (SSSR count). The Kier molecular flexibility index (Phi) is 5.78. The molecule has 2 heterocycles. The van der Waals surface area contributed by atoms with E-state index in [9.17, 15) is 23.3 Å². The summed E-state index contributed by atoms with van der Waals surface area (Å²) in [6, 6.07) is 5.34. The molecule has 9 nitrogen and oxygen atoms in total. The van der Waals surface area contributed by atoms with Gasteiger partial charge in [0.2, 0.25) is 15.9 Å². The summed E-state index contributed by atoms with van der Waals surface area (Å²) in [6.07, 6.45) is 1.19. The van der Waals surface area contributed by atoms with Gasteiger partial charge in [-0.1, -0.05) is 12.1 Å². The first-order valence-corrected chi connectivity index (χ1v) is 10.5. The number of likely N-dealkylation sites (N-methyl/N-ethyl adjacent to an activating group) is 1. The lowest BCUT2D eigenvalue weighted by Gasteiger charge is -2.37. The number of carbonyl (C=O) groups is 1. The minimum absolute atomic E-state index is 0.0226. The van der Waals surface area contributed by atoms with Crippen LogP contribution in [0.3, 0.4) is 0 Å². The van der Waals surface area contributed by atoms with Gasteiger partial charge in [-0.3, -0.25) is 14.9 Å². The van der Waals surface area contributed by atoms with Gasteiger partial charge in [0.15, 0.2) is 4.90 Å². The van der Waals surface area contributed by atoms with Crippen molar-refractivity contribution in [1.82, 2.24) is 14.1 Å². The van der Waals surface area contributed by atoms with Gasteiger partial charge in [-0.05, 0) is 26.0 Å². The number of amides is 1. The fourth-order valence-corrected chi connectivity index (χ4v) is 5.29. The number of hydrogen-bond acceptors (Lipinski definition) is 6. The molecule has 1 aromatic rings. The van der Waals surface area contributed by atoms with Crippen molar-refractivity contribution in [3.05, 3.63) is 34.4 Å². The van der Waals surface area contributed by atoms with E-state index >= 15 is 0 Å². The number of carbonyl (C=O) groups excluding carboxylic acids is 1. The standard InChI is InChI=1S/C17H24N4O5S/c1-18-9-11-19(12-10-18)17(22)14-5-4-8-20(13-14)27(25,26)16-7-3-2-6-15(16)21(23)24/h2-3,6-7,14H,4-5,8-13H2,1H3. The maximum Gasteiger partial charge on any atom is 0.289 e. The Bertz CT molecular complexity index is 820.